The van der Waals surface area contributed by atoms with Crippen molar-refractivity contribution in [1.82, 2.24) is 14.9 Å². The van der Waals surface area contributed by atoms with Crippen molar-refractivity contribution in [2.75, 3.05) is 19.5 Å². The van der Waals surface area contributed by atoms with Gasteiger partial charge in [-0.2, -0.15) is 5.10 Å². The molecule has 1 N–H and O–H groups in total. The smallest absolute Gasteiger partial charge is 0.212 e. The molecule has 0 fully saturated rings. The van der Waals surface area contributed by atoms with Gasteiger partial charge in [0.05, 0.1) is 26.0 Å². The van der Waals surface area contributed by atoms with Crippen LogP contribution in [0.15, 0.2) is 71.7 Å². The van der Waals surface area contributed by atoms with Crippen LogP contribution in [0.2, 0.25) is 0 Å². The molecular weight excluding hydrogens is 396 g/mol. The standard InChI is InChI=1S/C23H22N4O4/c1-27-13-16(12-24-27)20-14-31-26-22(20)23(28)21(15-7-5-4-6-8-15)25-17-9-18(29-2)11-19(10-17)30-3/h4-14,21,25H,1-3H3. The second kappa shape index (κ2) is 8.74. The number of nitrogens with one attached hydrogen (secondary N) is 1. The van der Waals surface area contributed by atoms with Gasteiger partial charge in [0.1, 0.15) is 23.8 Å². The Bertz CT molecular complexity index is 1160. The molecule has 2 heterocycles. The maximum atomic E-state index is 13.6. The van der Waals surface area contributed by atoms with E-state index in [4.69, 9.17) is 14.0 Å². The fourth-order valence-corrected chi connectivity index (χ4v) is 3.32. The van der Waals surface area contributed by atoms with E-state index in [2.05, 4.69) is 15.6 Å². The van der Waals surface area contributed by atoms with Gasteiger partial charge in [-0.1, -0.05) is 35.5 Å². The first-order valence-corrected chi connectivity index (χ1v) is 9.61. The normalized spacial score (nSPS) is 11.7. The summed E-state index contributed by atoms with van der Waals surface area (Å²) >= 11 is 0. The molecule has 31 heavy (non-hydrogen) atoms. The van der Waals surface area contributed by atoms with Gasteiger partial charge < -0.3 is 19.3 Å². The summed E-state index contributed by atoms with van der Waals surface area (Å²) < 4.78 is 17.5. The highest BCUT2D eigenvalue weighted by Crippen LogP contribution is 2.32. The van der Waals surface area contributed by atoms with Crippen LogP contribution in [-0.4, -0.2) is 34.9 Å². The first kappa shape index (κ1) is 20.2. The van der Waals surface area contributed by atoms with E-state index in [0.717, 1.165) is 11.1 Å². The zero-order valence-corrected chi connectivity index (χ0v) is 17.4. The molecule has 0 aliphatic rings. The Morgan fingerprint density at radius 2 is 1.81 bits per heavy atom. The number of ketones is 1. The van der Waals surface area contributed by atoms with E-state index in [1.807, 2.05) is 37.4 Å². The maximum Gasteiger partial charge on any atom is 0.212 e. The summed E-state index contributed by atoms with van der Waals surface area (Å²) in [5.41, 5.74) is 3.02. The zero-order chi connectivity index (χ0) is 21.8. The summed E-state index contributed by atoms with van der Waals surface area (Å²) in [4.78, 5) is 13.6. The average molecular weight is 418 g/mol. The van der Waals surface area contributed by atoms with Gasteiger partial charge in [0.2, 0.25) is 5.78 Å². The Morgan fingerprint density at radius 1 is 1.10 bits per heavy atom. The number of methoxy groups -OCH3 is 2. The number of hydrogen-bond acceptors (Lipinski definition) is 7. The number of benzene rings is 2. The molecule has 0 amide bonds. The fraction of sp³-hybridized carbons (Fsp3) is 0.174. The van der Waals surface area contributed by atoms with Crippen LogP contribution in [0, 0.1) is 0 Å². The monoisotopic (exact) mass is 418 g/mol. The van der Waals surface area contributed by atoms with E-state index in [9.17, 15) is 4.79 Å². The van der Waals surface area contributed by atoms with Crippen molar-refractivity contribution in [3.63, 3.8) is 0 Å². The van der Waals surface area contributed by atoms with Crippen molar-refractivity contribution in [2.24, 2.45) is 7.05 Å². The Labute approximate surface area is 179 Å². The van der Waals surface area contributed by atoms with Gasteiger partial charge in [0.15, 0.2) is 5.69 Å². The lowest BCUT2D eigenvalue weighted by Gasteiger charge is -2.20. The van der Waals surface area contributed by atoms with Crippen molar-refractivity contribution in [3.8, 4) is 22.6 Å². The van der Waals surface area contributed by atoms with Gasteiger partial charge in [-0.15, -0.1) is 0 Å². The van der Waals surface area contributed by atoms with Crippen LogP contribution in [0.1, 0.15) is 22.1 Å². The number of ether oxygens (including phenoxy) is 2. The van der Waals surface area contributed by atoms with Crippen molar-refractivity contribution in [1.29, 1.82) is 0 Å². The third kappa shape index (κ3) is 4.28. The number of aryl methyl sites for hydroxylation is 1. The van der Waals surface area contributed by atoms with Crippen LogP contribution >= 0.6 is 0 Å². The van der Waals surface area contributed by atoms with Crippen LogP contribution in [0.4, 0.5) is 5.69 Å². The molecule has 0 radical (unpaired) electrons. The van der Waals surface area contributed by atoms with E-state index < -0.39 is 6.04 Å². The highest BCUT2D eigenvalue weighted by atomic mass is 16.5. The summed E-state index contributed by atoms with van der Waals surface area (Å²) in [5.74, 6) is 0.984. The Balaban J connectivity index is 1.74. The van der Waals surface area contributed by atoms with Crippen LogP contribution in [-0.2, 0) is 7.05 Å². The number of carbonyl (C=O) groups excluding carboxylic acids is 1. The molecule has 2 aromatic heterocycles. The van der Waals surface area contributed by atoms with E-state index in [-0.39, 0.29) is 11.5 Å². The minimum atomic E-state index is -0.710. The first-order chi connectivity index (χ1) is 15.1. The largest absolute Gasteiger partial charge is 0.497 e. The minimum absolute atomic E-state index is 0.226. The molecule has 158 valence electrons. The number of rotatable bonds is 8. The summed E-state index contributed by atoms with van der Waals surface area (Å²) in [6.45, 7) is 0. The Morgan fingerprint density at radius 3 is 2.42 bits per heavy atom. The molecule has 8 nitrogen and oxygen atoms in total. The topological polar surface area (TPSA) is 91.4 Å². The second-order valence-corrected chi connectivity index (χ2v) is 6.93. The quantitative estimate of drug-likeness (QED) is 0.430. The van der Waals surface area contributed by atoms with Crippen molar-refractivity contribution < 1.29 is 18.8 Å². The van der Waals surface area contributed by atoms with Gasteiger partial charge in [-0.05, 0) is 5.56 Å². The Kier molecular flexibility index (Phi) is 5.70. The van der Waals surface area contributed by atoms with Crippen molar-refractivity contribution >= 4 is 11.5 Å². The summed E-state index contributed by atoms with van der Waals surface area (Å²) in [6.07, 6.45) is 4.93. The number of anilines is 1. The van der Waals surface area contributed by atoms with Gasteiger partial charge in [0.25, 0.3) is 0 Å². The van der Waals surface area contributed by atoms with Crippen LogP contribution in [0.25, 0.3) is 11.1 Å². The molecule has 1 unspecified atom stereocenters. The molecule has 0 aliphatic heterocycles. The molecule has 2 aromatic carbocycles. The Hall–Kier alpha value is -4.07. The molecule has 1 atom stereocenters. The molecule has 4 rings (SSSR count). The van der Waals surface area contributed by atoms with Gasteiger partial charge in [0, 0.05) is 42.7 Å². The molecule has 0 bridgehead atoms. The number of aromatic nitrogens is 3. The zero-order valence-electron chi connectivity index (χ0n) is 17.4. The van der Waals surface area contributed by atoms with E-state index in [1.54, 1.807) is 49.5 Å². The number of nitrogens with zero attached hydrogens (tertiary/aromatic N) is 3. The average Bonchev–Trinajstić information content (AvgIpc) is 3.46. The number of carbonyl (C=O) groups is 1. The predicted molar refractivity (Wildman–Crippen MR) is 115 cm³/mol. The molecule has 0 aliphatic carbocycles. The summed E-state index contributed by atoms with van der Waals surface area (Å²) in [5, 5.41) is 11.5. The molecule has 0 saturated heterocycles. The van der Waals surface area contributed by atoms with Gasteiger partial charge >= 0.3 is 0 Å². The first-order valence-electron chi connectivity index (χ1n) is 9.61. The molecular formula is C23H22N4O4. The van der Waals surface area contributed by atoms with Crippen LogP contribution in [0.5, 0.6) is 11.5 Å². The lowest BCUT2D eigenvalue weighted by Crippen LogP contribution is -2.22. The summed E-state index contributed by atoms with van der Waals surface area (Å²) in [7, 11) is 4.96. The molecule has 0 saturated carbocycles. The third-order valence-corrected chi connectivity index (χ3v) is 4.88. The highest BCUT2D eigenvalue weighted by molar-refractivity contribution is 6.05. The molecule has 4 aromatic rings. The maximum absolute atomic E-state index is 13.6. The van der Waals surface area contributed by atoms with E-state index >= 15 is 0 Å². The highest BCUT2D eigenvalue weighted by Gasteiger charge is 2.28. The third-order valence-electron chi connectivity index (χ3n) is 4.88. The molecule has 0 spiro atoms. The molecule has 8 heteroatoms. The summed E-state index contributed by atoms with van der Waals surface area (Å²) in [6, 6.07) is 14.1. The van der Waals surface area contributed by atoms with Gasteiger partial charge in [-0.25, -0.2) is 0 Å². The fourth-order valence-electron chi connectivity index (χ4n) is 3.32. The van der Waals surface area contributed by atoms with Crippen molar-refractivity contribution in [2.45, 2.75) is 6.04 Å². The lowest BCUT2D eigenvalue weighted by molar-refractivity contribution is 0.0961. The van der Waals surface area contributed by atoms with E-state index in [1.165, 1.54) is 6.26 Å². The van der Waals surface area contributed by atoms with Crippen LogP contribution < -0.4 is 14.8 Å². The second-order valence-electron chi connectivity index (χ2n) is 6.93. The number of hydrogen-bond donors (Lipinski definition) is 1. The number of Topliss-reactive ketones (excluding diaryl/α,β-unsaturated/α-hetero) is 1. The lowest BCUT2D eigenvalue weighted by atomic mass is 9.97. The SMILES string of the molecule is COc1cc(NC(C(=O)c2nocc2-c2cnn(C)c2)c2ccccc2)cc(OC)c1. The predicted octanol–water partition coefficient (Wildman–Crippen LogP) is 4.13. The minimum Gasteiger partial charge on any atom is -0.497 e. The van der Waals surface area contributed by atoms with Crippen LogP contribution in [0.3, 0.4) is 0 Å². The van der Waals surface area contributed by atoms with E-state index in [0.29, 0.717) is 22.7 Å². The van der Waals surface area contributed by atoms with Gasteiger partial charge in [-0.3, -0.25) is 9.48 Å². The van der Waals surface area contributed by atoms with Crippen molar-refractivity contribution in [3.05, 3.63) is 78.4 Å².